The first-order valence-electron chi connectivity index (χ1n) is 23.2. The molecule has 0 aromatic rings. The molecule has 1 spiro atoms. The van der Waals surface area contributed by atoms with Crippen LogP contribution < -0.4 is 0 Å². The molecule has 2 aliphatic heterocycles. The van der Waals surface area contributed by atoms with Crippen molar-refractivity contribution in [2.45, 2.75) is 82.7 Å². The summed E-state index contributed by atoms with van der Waals surface area (Å²) in [5, 5.41) is 0. The first kappa shape index (κ1) is 56.2. The molecule has 6 aliphatic rings. The fourth-order valence-corrected chi connectivity index (χ4v) is 9.32. The number of hydrogen-bond acceptors (Lipinski definition) is 22. The van der Waals surface area contributed by atoms with Gasteiger partial charge in [-0.15, -0.1) is 0 Å². The van der Waals surface area contributed by atoms with Gasteiger partial charge in [0.15, 0.2) is 26.4 Å². The lowest BCUT2D eigenvalue weighted by Crippen LogP contribution is -2.41. The van der Waals surface area contributed by atoms with E-state index in [2.05, 4.69) is 32.1 Å². The Morgan fingerprint density at radius 3 is 1.42 bits per heavy atom. The zero-order valence-corrected chi connectivity index (χ0v) is 41.3. The summed E-state index contributed by atoms with van der Waals surface area (Å²) in [6.45, 7) is 5.79. The van der Waals surface area contributed by atoms with Gasteiger partial charge in [-0.05, 0) is 88.4 Å². The van der Waals surface area contributed by atoms with Crippen molar-refractivity contribution in [2.75, 3.05) is 94.8 Å². The predicted molar refractivity (Wildman–Crippen MR) is 238 cm³/mol. The first-order valence-corrected chi connectivity index (χ1v) is 23.2. The molecular formula is C46H64N4O22. The molecule has 0 aromatic heterocycles. The SMILES string of the molecule is C=C(C)C(=O)OCOC(=O)COC(=O)N(C)CN(C)C(=O)OCC(=O)OCC1CCC2C3CC4OC4(C3)C12.C=C(C)C(=O)OCOC(=O)COC(=O)N(C)CN(C)C(=O)OCC(=O)OCC1CCC2OC2C1. The van der Waals surface area contributed by atoms with Gasteiger partial charge in [0.25, 0.3) is 0 Å². The van der Waals surface area contributed by atoms with Crippen LogP contribution in [0, 0.1) is 29.6 Å². The number of hydrogen-bond donors (Lipinski definition) is 0. The Hall–Kier alpha value is -6.70. The fourth-order valence-electron chi connectivity index (χ4n) is 9.32. The second-order valence-corrected chi connectivity index (χ2v) is 18.5. The molecule has 6 fully saturated rings. The Morgan fingerprint density at radius 1 is 0.528 bits per heavy atom. The molecule has 2 heterocycles. The Labute approximate surface area is 415 Å². The summed E-state index contributed by atoms with van der Waals surface area (Å²) in [6, 6.07) is 0. The third-order valence-electron chi connectivity index (χ3n) is 12.9. The van der Waals surface area contributed by atoms with Gasteiger partial charge in [0.1, 0.15) is 13.3 Å². The molecule has 2 saturated heterocycles. The normalized spacial score (nSPS) is 25.0. The van der Waals surface area contributed by atoms with Crippen molar-refractivity contribution in [3.63, 3.8) is 0 Å². The predicted octanol–water partition coefficient (Wildman–Crippen LogP) is 2.26. The van der Waals surface area contributed by atoms with Gasteiger partial charge >= 0.3 is 60.2 Å². The smallest absolute Gasteiger partial charge is 0.411 e. The minimum absolute atomic E-state index is 0.0328. The molecule has 0 aromatic carbocycles. The van der Waals surface area contributed by atoms with Gasteiger partial charge in [-0.2, -0.15) is 0 Å². The first-order chi connectivity index (χ1) is 34.1. The highest BCUT2D eigenvalue weighted by Gasteiger charge is 2.76. The van der Waals surface area contributed by atoms with E-state index in [-0.39, 0.29) is 54.6 Å². The molecule has 4 saturated carbocycles. The average molecular weight is 1030 g/mol. The van der Waals surface area contributed by atoms with Crippen molar-refractivity contribution in [1.29, 1.82) is 0 Å². The van der Waals surface area contributed by atoms with Crippen LogP contribution in [-0.4, -0.2) is 198 Å². The van der Waals surface area contributed by atoms with Crippen molar-refractivity contribution in [3.05, 3.63) is 24.3 Å². The lowest BCUT2D eigenvalue weighted by Gasteiger charge is -2.26. The highest BCUT2D eigenvalue weighted by molar-refractivity contribution is 5.87. The van der Waals surface area contributed by atoms with Gasteiger partial charge in [0, 0.05) is 39.3 Å². The average Bonchev–Trinajstić information content (AvgIpc) is 4.14. The van der Waals surface area contributed by atoms with E-state index in [1.54, 1.807) is 0 Å². The van der Waals surface area contributed by atoms with E-state index < -0.39 is 100 Å². The second-order valence-electron chi connectivity index (χ2n) is 18.5. The number of carbonyl (C=O) groups excluding carboxylic acids is 10. The molecule has 26 heteroatoms. The van der Waals surface area contributed by atoms with Crippen LogP contribution in [0.5, 0.6) is 0 Å². The molecule has 2 bridgehead atoms. The van der Waals surface area contributed by atoms with E-state index in [1.165, 1.54) is 48.5 Å². The number of carbonyl (C=O) groups is 10. The van der Waals surface area contributed by atoms with Crippen LogP contribution in [0.2, 0.25) is 0 Å². The summed E-state index contributed by atoms with van der Waals surface area (Å²) >= 11 is 0. The third-order valence-corrected chi connectivity index (χ3v) is 12.9. The molecule has 72 heavy (non-hydrogen) atoms. The Kier molecular flexibility index (Phi) is 20.0. The fraction of sp³-hybridized carbons (Fsp3) is 0.696. The maximum Gasteiger partial charge on any atom is 0.411 e. The van der Waals surface area contributed by atoms with Gasteiger partial charge in [-0.1, -0.05) is 13.2 Å². The highest BCUT2D eigenvalue weighted by Crippen LogP contribution is 2.72. The van der Waals surface area contributed by atoms with E-state index in [0.717, 1.165) is 64.0 Å². The molecule has 6 rings (SSSR count). The van der Waals surface area contributed by atoms with E-state index in [0.29, 0.717) is 30.7 Å². The Bertz CT molecular complexity index is 2080. The van der Waals surface area contributed by atoms with Crippen molar-refractivity contribution < 1.29 is 105 Å². The summed E-state index contributed by atoms with van der Waals surface area (Å²) in [5.74, 6) is -2.24. The van der Waals surface area contributed by atoms with Crippen molar-refractivity contribution >= 4 is 60.2 Å². The van der Waals surface area contributed by atoms with E-state index in [4.69, 9.17) is 37.9 Å². The lowest BCUT2D eigenvalue weighted by atomic mass is 9.78. The van der Waals surface area contributed by atoms with Gasteiger partial charge in [0.2, 0.25) is 13.6 Å². The molecule has 0 N–H and O–H groups in total. The molecular weight excluding hydrogens is 961 g/mol. The summed E-state index contributed by atoms with van der Waals surface area (Å²) in [6.07, 6.45) is 4.73. The molecule has 4 amide bonds. The Balaban J connectivity index is 0.000000269. The van der Waals surface area contributed by atoms with Crippen LogP contribution in [0.15, 0.2) is 24.3 Å². The minimum Gasteiger partial charge on any atom is -0.463 e. The number of rotatable bonds is 22. The molecule has 9 atom stereocenters. The topological polar surface area (TPSA) is 301 Å². The summed E-state index contributed by atoms with van der Waals surface area (Å²) in [7, 11) is 5.35. The summed E-state index contributed by atoms with van der Waals surface area (Å²) < 4.78 is 59.7. The van der Waals surface area contributed by atoms with Gasteiger partial charge in [0.05, 0.1) is 37.1 Å². The second kappa shape index (κ2) is 25.6. The molecule has 400 valence electrons. The quantitative estimate of drug-likeness (QED) is 0.0494. The number of amides is 4. The number of esters is 6. The van der Waals surface area contributed by atoms with E-state index in [9.17, 15) is 47.9 Å². The highest BCUT2D eigenvalue weighted by atomic mass is 16.7. The van der Waals surface area contributed by atoms with Crippen molar-refractivity contribution in [3.8, 4) is 0 Å². The van der Waals surface area contributed by atoms with Crippen LogP contribution in [0.1, 0.15) is 58.8 Å². The van der Waals surface area contributed by atoms with Crippen molar-refractivity contribution in [1.82, 2.24) is 19.6 Å². The molecule has 26 nitrogen and oxygen atoms in total. The largest absolute Gasteiger partial charge is 0.463 e. The van der Waals surface area contributed by atoms with Gasteiger partial charge in [-0.25, -0.2) is 47.9 Å². The summed E-state index contributed by atoms with van der Waals surface area (Å²) in [5.41, 5.74) is 0.304. The molecule has 4 aliphatic carbocycles. The zero-order valence-electron chi connectivity index (χ0n) is 41.3. The number of ether oxygens (including phenoxy) is 12. The van der Waals surface area contributed by atoms with E-state index in [1.807, 2.05) is 0 Å². The van der Waals surface area contributed by atoms with Crippen molar-refractivity contribution in [2.24, 2.45) is 29.6 Å². The maximum absolute atomic E-state index is 12.2. The van der Waals surface area contributed by atoms with E-state index >= 15 is 0 Å². The number of fused-ring (bicyclic) bond motifs is 4. The number of nitrogens with zero attached hydrogens (tertiary/aromatic N) is 4. The molecule has 0 radical (unpaired) electrons. The van der Waals surface area contributed by atoms with Gasteiger partial charge in [-0.3, -0.25) is 19.6 Å². The minimum atomic E-state index is -0.944. The lowest BCUT2D eigenvalue weighted by molar-refractivity contribution is -0.168. The standard InChI is InChI=1S/C25H34N2O11.C21H30N2O11/c1-14(2)22(30)37-13-36-20(29)11-35-24(32)27(4)12-26(3)23(31)34-10-19(28)33-9-15-5-6-17-16-7-18-25(8-16,38-18)21(15)17;1-13(2)19(26)33-12-32-18(25)10-31-21(28)23(4)11-22(3)20(27)30-9-17(24)29-8-14-5-6-15-16(7-14)34-15/h15-18,21H,1,5-13H2,2-4H3;14-16H,1,5-12H2,2-4H3. The number of epoxide rings is 2. The third kappa shape index (κ3) is 16.2. The van der Waals surface area contributed by atoms with Crippen LogP contribution >= 0.6 is 0 Å². The zero-order chi connectivity index (χ0) is 52.9. The van der Waals surface area contributed by atoms with Crippen LogP contribution in [0.3, 0.4) is 0 Å². The maximum atomic E-state index is 12.2. The molecule has 9 unspecified atom stereocenters. The van der Waals surface area contributed by atoms with Gasteiger partial charge < -0.3 is 56.8 Å². The monoisotopic (exact) mass is 1020 g/mol. The summed E-state index contributed by atoms with van der Waals surface area (Å²) in [4.78, 5) is 122. The van der Waals surface area contributed by atoms with Crippen LogP contribution in [0.4, 0.5) is 19.2 Å². The van der Waals surface area contributed by atoms with Crippen LogP contribution in [0.25, 0.3) is 0 Å². The van der Waals surface area contributed by atoms with Crippen LogP contribution in [-0.2, 0) is 85.6 Å². The Morgan fingerprint density at radius 2 is 0.972 bits per heavy atom.